The van der Waals surface area contributed by atoms with Gasteiger partial charge in [-0.15, -0.1) is 21.5 Å². The van der Waals surface area contributed by atoms with E-state index in [0.717, 1.165) is 5.69 Å². The summed E-state index contributed by atoms with van der Waals surface area (Å²) >= 11 is 8.86. The minimum Gasteiger partial charge on any atom is -0.342 e. The Bertz CT molecular complexity index is 1100. The number of hydrogen-bond acceptors (Lipinski definition) is 7. The molecule has 1 atom stereocenters. The van der Waals surface area contributed by atoms with Gasteiger partial charge in [0.1, 0.15) is 0 Å². The second kappa shape index (κ2) is 10.9. The molecule has 1 aromatic carbocycles. The van der Waals surface area contributed by atoms with Crippen molar-refractivity contribution in [2.75, 3.05) is 11.1 Å². The van der Waals surface area contributed by atoms with Gasteiger partial charge in [0.25, 0.3) is 5.91 Å². The van der Waals surface area contributed by atoms with E-state index in [1.807, 2.05) is 37.6 Å². The monoisotopic (exact) mass is 492 g/mol. The Labute approximate surface area is 200 Å². The Morgan fingerprint density at radius 3 is 2.62 bits per heavy atom. The number of thiazole rings is 1. The molecule has 0 aliphatic rings. The van der Waals surface area contributed by atoms with Gasteiger partial charge in [0.05, 0.1) is 28.1 Å². The minimum atomic E-state index is -0.368. The van der Waals surface area contributed by atoms with E-state index in [4.69, 9.17) is 11.6 Å². The molecule has 2 aromatic heterocycles. The Kier molecular flexibility index (Phi) is 8.27. The fourth-order valence-corrected chi connectivity index (χ4v) is 4.76. The van der Waals surface area contributed by atoms with Crippen molar-refractivity contribution in [2.24, 2.45) is 5.92 Å². The van der Waals surface area contributed by atoms with E-state index >= 15 is 0 Å². The highest BCUT2D eigenvalue weighted by atomic mass is 35.5. The third-order valence-electron chi connectivity index (χ3n) is 4.61. The maximum absolute atomic E-state index is 12.8. The number of halogens is 1. The smallest absolute Gasteiger partial charge is 0.253 e. The Morgan fingerprint density at radius 2 is 2.00 bits per heavy atom. The summed E-state index contributed by atoms with van der Waals surface area (Å²) in [5.41, 5.74) is 1.28. The van der Waals surface area contributed by atoms with E-state index in [-0.39, 0.29) is 29.5 Å². The van der Waals surface area contributed by atoms with Crippen LogP contribution in [0.1, 0.15) is 48.7 Å². The molecule has 0 aliphatic heterocycles. The van der Waals surface area contributed by atoms with Crippen LogP contribution in [0.2, 0.25) is 5.02 Å². The Balaban J connectivity index is 1.72. The van der Waals surface area contributed by atoms with Gasteiger partial charge in [-0.05, 0) is 31.9 Å². The number of aryl methyl sites for hydroxylation is 1. The number of carbonyl (C=O) groups is 2. The molecule has 32 heavy (non-hydrogen) atoms. The number of nitrogens with zero attached hydrogens (tertiary/aromatic N) is 4. The van der Waals surface area contributed by atoms with E-state index in [1.165, 1.54) is 23.1 Å². The number of benzene rings is 1. The summed E-state index contributed by atoms with van der Waals surface area (Å²) in [6, 6.07) is 6.55. The molecule has 0 fully saturated rings. The molecule has 11 heteroatoms. The molecule has 2 amide bonds. The summed E-state index contributed by atoms with van der Waals surface area (Å²) in [5, 5.41) is 17.9. The lowest BCUT2D eigenvalue weighted by Gasteiger charge is -2.22. The first kappa shape index (κ1) is 24.2. The van der Waals surface area contributed by atoms with Crippen molar-refractivity contribution >= 4 is 51.6 Å². The highest BCUT2D eigenvalue weighted by Gasteiger charge is 2.26. The van der Waals surface area contributed by atoms with Gasteiger partial charge >= 0.3 is 0 Å². The maximum atomic E-state index is 12.8. The number of carbonyl (C=O) groups excluding carboxylic acids is 2. The van der Waals surface area contributed by atoms with Gasteiger partial charge in [-0.25, -0.2) is 4.98 Å². The first-order valence-corrected chi connectivity index (χ1v) is 12.4. The predicted molar refractivity (Wildman–Crippen MR) is 128 cm³/mol. The number of aromatic nitrogens is 4. The first-order valence-electron chi connectivity index (χ1n) is 10.1. The third kappa shape index (κ3) is 5.87. The average Bonchev–Trinajstić information content (AvgIpc) is 3.35. The van der Waals surface area contributed by atoms with E-state index < -0.39 is 0 Å². The molecule has 0 unspecified atom stereocenters. The normalized spacial score (nSPS) is 12.1. The summed E-state index contributed by atoms with van der Waals surface area (Å²) in [5.74, 6) is 0.442. The topological polar surface area (TPSA) is 102 Å². The van der Waals surface area contributed by atoms with Crippen LogP contribution in [-0.2, 0) is 11.3 Å². The van der Waals surface area contributed by atoms with E-state index in [2.05, 4.69) is 25.8 Å². The van der Waals surface area contributed by atoms with Crippen molar-refractivity contribution in [3.63, 3.8) is 0 Å². The Hall–Kier alpha value is -2.43. The summed E-state index contributed by atoms with van der Waals surface area (Å²) in [6.45, 7) is 8.46. The van der Waals surface area contributed by atoms with E-state index in [1.54, 1.807) is 24.3 Å². The van der Waals surface area contributed by atoms with E-state index in [0.29, 0.717) is 33.2 Å². The number of hydrogen-bond donors (Lipinski definition) is 2. The van der Waals surface area contributed by atoms with Crippen LogP contribution >= 0.6 is 34.7 Å². The van der Waals surface area contributed by atoms with Gasteiger partial charge in [0, 0.05) is 11.9 Å². The number of nitrogens with one attached hydrogen (secondary N) is 2. The molecule has 0 saturated carbocycles. The molecule has 2 heterocycles. The molecule has 170 valence electrons. The van der Waals surface area contributed by atoms with Crippen molar-refractivity contribution in [3.05, 3.63) is 51.7 Å². The van der Waals surface area contributed by atoms with Crippen LogP contribution in [0, 0.1) is 12.8 Å². The number of anilines is 1. The number of thioether (sulfide) groups is 1. The van der Waals surface area contributed by atoms with Crippen LogP contribution in [0.15, 0.2) is 34.8 Å². The lowest BCUT2D eigenvalue weighted by atomic mass is 10.0. The van der Waals surface area contributed by atoms with Gasteiger partial charge in [-0.3, -0.25) is 9.59 Å². The molecular weight excluding hydrogens is 468 g/mol. The second-order valence-electron chi connectivity index (χ2n) is 7.39. The molecule has 0 spiro atoms. The second-order valence-corrected chi connectivity index (χ2v) is 9.60. The highest BCUT2D eigenvalue weighted by Crippen LogP contribution is 2.26. The summed E-state index contributed by atoms with van der Waals surface area (Å²) < 4.78 is 1.92. The van der Waals surface area contributed by atoms with Gasteiger partial charge in [0.2, 0.25) is 5.91 Å². The fourth-order valence-electron chi connectivity index (χ4n) is 3.02. The quantitative estimate of drug-likeness (QED) is 0.424. The van der Waals surface area contributed by atoms with Gasteiger partial charge < -0.3 is 15.2 Å². The van der Waals surface area contributed by atoms with Crippen molar-refractivity contribution in [2.45, 2.75) is 45.4 Å². The highest BCUT2D eigenvalue weighted by molar-refractivity contribution is 7.99. The van der Waals surface area contributed by atoms with Crippen molar-refractivity contribution in [1.82, 2.24) is 25.1 Å². The predicted octanol–water partition coefficient (Wildman–Crippen LogP) is 4.57. The summed E-state index contributed by atoms with van der Waals surface area (Å²) in [6.07, 6.45) is 0. The van der Waals surface area contributed by atoms with Gasteiger partial charge in [-0.1, -0.05) is 49.3 Å². The fraction of sp³-hybridized carbons (Fsp3) is 0.381. The van der Waals surface area contributed by atoms with Crippen LogP contribution < -0.4 is 10.6 Å². The molecular formula is C21H25ClN6O2S2. The molecule has 3 rings (SSSR count). The number of amides is 2. The zero-order valence-corrected chi connectivity index (χ0v) is 20.6. The minimum absolute atomic E-state index is 0.0604. The average molecular weight is 493 g/mol. The third-order valence-corrected chi connectivity index (χ3v) is 6.78. The maximum Gasteiger partial charge on any atom is 0.253 e. The molecule has 2 N–H and O–H groups in total. The lowest BCUT2D eigenvalue weighted by molar-refractivity contribution is -0.113. The van der Waals surface area contributed by atoms with Crippen LogP contribution in [0.5, 0.6) is 0 Å². The molecule has 0 bridgehead atoms. The first-order chi connectivity index (χ1) is 15.3. The molecule has 0 saturated heterocycles. The SMILES string of the molecule is CCn1c(SCC(=O)Nc2nc(C)cs2)nnc1[C@H](NC(=O)c1ccccc1Cl)C(C)C. The number of rotatable bonds is 9. The van der Waals surface area contributed by atoms with Gasteiger partial charge in [-0.2, -0.15) is 0 Å². The zero-order chi connectivity index (χ0) is 23.3. The largest absolute Gasteiger partial charge is 0.342 e. The standard InChI is InChI=1S/C21H25ClN6O2S2/c1-5-28-18(17(12(2)3)25-19(30)14-8-6-7-9-15(14)22)26-27-21(28)32-11-16(29)24-20-23-13(4)10-31-20/h6-10,12,17H,5,11H2,1-4H3,(H,25,30)(H,23,24,29)/t17-/m1/s1. The lowest BCUT2D eigenvalue weighted by Crippen LogP contribution is -2.34. The van der Waals surface area contributed by atoms with Crippen molar-refractivity contribution < 1.29 is 9.59 Å². The molecule has 8 nitrogen and oxygen atoms in total. The summed E-state index contributed by atoms with van der Waals surface area (Å²) in [4.78, 5) is 29.4. The Morgan fingerprint density at radius 1 is 1.25 bits per heavy atom. The van der Waals surface area contributed by atoms with Gasteiger partial charge in [0.15, 0.2) is 16.1 Å². The summed E-state index contributed by atoms with van der Waals surface area (Å²) in [7, 11) is 0. The molecule has 0 radical (unpaired) electrons. The van der Waals surface area contributed by atoms with E-state index in [9.17, 15) is 9.59 Å². The van der Waals surface area contributed by atoms with Crippen LogP contribution in [-0.4, -0.2) is 37.3 Å². The van der Waals surface area contributed by atoms with Crippen LogP contribution in [0.25, 0.3) is 0 Å². The van der Waals surface area contributed by atoms with Crippen molar-refractivity contribution in [1.29, 1.82) is 0 Å². The van der Waals surface area contributed by atoms with Crippen molar-refractivity contribution in [3.8, 4) is 0 Å². The zero-order valence-electron chi connectivity index (χ0n) is 18.3. The van der Waals surface area contributed by atoms with Crippen LogP contribution in [0.4, 0.5) is 5.13 Å². The van der Waals surface area contributed by atoms with Crippen LogP contribution in [0.3, 0.4) is 0 Å². The molecule has 0 aliphatic carbocycles. The molecule has 3 aromatic rings.